The van der Waals surface area contributed by atoms with Crippen molar-refractivity contribution in [1.29, 1.82) is 0 Å². The summed E-state index contributed by atoms with van der Waals surface area (Å²) in [6, 6.07) is 6.83. The van der Waals surface area contributed by atoms with Crippen LogP contribution in [0, 0.1) is 0 Å². The first-order valence-electron chi connectivity index (χ1n) is 10.7. The fraction of sp³-hybridized carbons (Fsp3) is 0.455. The topological polar surface area (TPSA) is 166 Å². The number of hydrogen-bond donors (Lipinski definition) is 1. The fourth-order valence-electron chi connectivity index (χ4n) is 3.48. The first-order valence-corrected chi connectivity index (χ1v) is 10.7. The van der Waals surface area contributed by atoms with Crippen LogP contribution in [0.5, 0.6) is 5.75 Å². The maximum absolute atomic E-state index is 12.5. The van der Waals surface area contributed by atoms with E-state index in [9.17, 15) is 19.2 Å². The van der Waals surface area contributed by atoms with Gasteiger partial charge in [-0.25, -0.2) is 9.48 Å². The van der Waals surface area contributed by atoms with Gasteiger partial charge in [0.2, 0.25) is 11.8 Å². The van der Waals surface area contributed by atoms with Crippen LogP contribution in [0.1, 0.15) is 37.6 Å². The Morgan fingerprint density at radius 1 is 0.972 bits per heavy atom. The Labute approximate surface area is 205 Å². The van der Waals surface area contributed by atoms with Crippen molar-refractivity contribution < 1.29 is 47.6 Å². The lowest BCUT2D eigenvalue weighted by Gasteiger charge is -2.23. The zero-order chi connectivity index (χ0) is 26.4. The Morgan fingerprint density at radius 2 is 1.61 bits per heavy atom. The van der Waals surface area contributed by atoms with Crippen molar-refractivity contribution in [3.8, 4) is 5.75 Å². The average molecular weight is 506 g/mol. The van der Waals surface area contributed by atoms with Crippen LogP contribution in [-0.4, -0.2) is 77.8 Å². The van der Waals surface area contributed by atoms with Crippen molar-refractivity contribution in [2.24, 2.45) is 0 Å². The lowest BCUT2D eigenvalue weighted by molar-refractivity contribution is -0.166. The summed E-state index contributed by atoms with van der Waals surface area (Å²) in [4.78, 5) is 51.7. The Balaban J connectivity index is 2.00. The van der Waals surface area contributed by atoms with E-state index >= 15 is 0 Å². The molecule has 0 unspecified atom stereocenters. The predicted octanol–water partition coefficient (Wildman–Crippen LogP) is 1.14. The van der Waals surface area contributed by atoms with E-state index in [2.05, 4.69) is 15.4 Å². The number of methoxy groups -OCH3 is 2. The van der Waals surface area contributed by atoms with Gasteiger partial charge in [-0.15, -0.1) is 5.10 Å². The number of nitrogens with zero attached hydrogens (tertiary/aromatic N) is 3. The van der Waals surface area contributed by atoms with Crippen LogP contribution < -0.4 is 10.1 Å². The summed E-state index contributed by atoms with van der Waals surface area (Å²) >= 11 is 0. The molecule has 1 aliphatic rings. The number of rotatable bonds is 9. The summed E-state index contributed by atoms with van der Waals surface area (Å²) in [5.41, 5.74) is 0.582. The summed E-state index contributed by atoms with van der Waals surface area (Å²) in [6.45, 7) is 3.19. The largest absolute Gasteiger partial charge is 0.497 e. The molecule has 1 aromatic carbocycles. The Kier molecular flexibility index (Phi) is 8.42. The highest BCUT2D eigenvalue weighted by Gasteiger charge is 2.52. The first kappa shape index (κ1) is 26.4. The number of carbonyl (C=O) groups is 4. The summed E-state index contributed by atoms with van der Waals surface area (Å²) in [7, 11) is 2.69. The monoisotopic (exact) mass is 506 g/mol. The maximum atomic E-state index is 12.5. The van der Waals surface area contributed by atoms with Gasteiger partial charge in [-0.2, -0.15) is 4.98 Å². The molecule has 1 N–H and O–H groups in total. The SMILES string of the molecule is COC(=O)c1nc(Nc2ccc(OC)cc2)nn1[C@@H]1O[C@H](COC(C)=O)[C@@H](OC(C)=O)[C@H]1OC(C)=O. The number of benzene rings is 1. The van der Waals surface area contributed by atoms with Gasteiger partial charge in [-0.3, -0.25) is 14.4 Å². The van der Waals surface area contributed by atoms with E-state index in [1.165, 1.54) is 14.0 Å². The van der Waals surface area contributed by atoms with Crippen LogP contribution >= 0.6 is 0 Å². The van der Waals surface area contributed by atoms with E-state index in [1.807, 2.05) is 0 Å². The third kappa shape index (κ3) is 6.27. The maximum Gasteiger partial charge on any atom is 0.376 e. The van der Waals surface area contributed by atoms with Gasteiger partial charge in [0.15, 0.2) is 18.4 Å². The van der Waals surface area contributed by atoms with Gasteiger partial charge in [-0.1, -0.05) is 0 Å². The Hall–Kier alpha value is -4.20. The number of anilines is 2. The van der Waals surface area contributed by atoms with Gasteiger partial charge in [0.25, 0.3) is 0 Å². The molecule has 4 atom stereocenters. The molecule has 0 amide bonds. The number of ether oxygens (including phenoxy) is 6. The van der Waals surface area contributed by atoms with Gasteiger partial charge >= 0.3 is 23.9 Å². The van der Waals surface area contributed by atoms with E-state index in [0.29, 0.717) is 11.4 Å². The normalized spacial score (nSPS) is 20.8. The van der Waals surface area contributed by atoms with Crippen molar-refractivity contribution in [2.45, 2.75) is 45.3 Å². The lowest BCUT2D eigenvalue weighted by atomic mass is 10.1. The molecular formula is C22H26N4O10. The average Bonchev–Trinajstić information content (AvgIpc) is 3.38. The molecule has 0 radical (unpaired) electrons. The van der Waals surface area contributed by atoms with Crippen LogP contribution in [0.2, 0.25) is 0 Å². The van der Waals surface area contributed by atoms with Gasteiger partial charge < -0.3 is 33.7 Å². The third-order valence-electron chi connectivity index (χ3n) is 4.93. The standard InChI is InChI=1S/C22H26N4O10/c1-11(27)33-10-16-17(34-12(2)28)18(35-13(3)29)20(36-16)26-19(21(30)32-5)24-22(25-26)23-14-6-8-15(31-4)9-7-14/h6-9,16-18,20H,10H2,1-5H3,(H,23,25)/t16-,17-,18-,20-/m1/s1. The molecule has 1 aliphatic heterocycles. The highest BCUT2D eigenvalue weighted by Crippen LogP contribution is 2.35. The van der Waals surface area contributed by atoms with E-state index in [4.69, 9.17) is 28.4 Å². The number of aromatic nitrogens is 3. The van der Waals surface area contributed by atoms with Crippen molar-refractivity contribution in [1.82, 2.24) is 14.8 Å². The molecule has 2 aromatic rings. The van der Waals surface area contributed by atoms with Gasteiger partial charge in [0.1, 0.15) is 18.5 Å². The predicted molar refractivity (Wildman–Crippen MR) is 119 cm³/mol. The molecule has 0 spiro atoms. The van der Waals surface area contributed by atoms with E-state index in [-0.39, 0.29) is 18.4 Å². The molecule has 0 aliphatic carbocycles. The highest BCUT2D eigenvalue weighted by molar-refractivity contribution is 5.86. The van der Waals surface area contributed by atoms with Gasteiger partial charge in [0, 0.05) is 26.5 Å². The second kappa shape index (κ2) is 11.5. The number of esters is 4. The summed E-state index contributed by atoms with van der Waals surface area (Å²) in [6.07, 6.45) is -4.76. The van der Waals surface area contributed by atoms with E-state index in [0.717, 1.165) is 25.6 Å². The van der Waals surface area contributed by atoms with E-state index in [1.54, 1.807) is 24.3 Å². The first-order chi connectivity index (χ1) is 17.1. The molecule has 36 heavy (non-hydrogen) atoms. The van der Waals surface area contributed by atoms with Crippen molar-refractivity contribution in [3.63, 3.8) is 0 Å². The van der Waals surface area contributed by atoms with Gasteiger partial charge in [-0.05, 0) is 24.3 Å². The van der Waals surface area contributed by atoms with Gasteiger partial charge in [0.05, 0.1) is 14.2 Å². The van der Waals surface area contributed by atoms with Crippen LogP contribution in [-0.2, 0) is 38.1 Å². The molecule has 1 fully saturated rings. The van der Waals surface area contributed by atoms with Crippen molar-refractivity contribution in [2.75, 3.05) is 26.1 Å². The van der Waals surface area contributed by atoms with Crippen LogP contribution in [0.3, 0.4) is 0 Å². The van der Waals surface area contributed by atoms with E-state index < -0.39 is 48.4 Å². The quantitative estimate of drug-likeness (QED) is 0.380. The second-order valence-corrected chi connectivity index (χ2v) is 7.56. The van der Waals surface area contributed by atoms with Crippen molar-refractivity contribution in [3.05, 3.63) is 30.1 Å². The number of nitrogens with one attached hydrogen (secondary N) is 1. The molecule has 14 heteroatoms. The van der Waals surface area contributed by atoms with Crippen LogP contribution in [0.15, 0.2) is 24.3 Å². The molecule has 0 saturated carbocycles. The molecule has 14 nitrogen and oxygen atoms in total. The lowest BCUT2D eigenvalue weighted by Crippen LogP contribution is -2.41. The Morgan fingerprint density at radius 3 is 2.17 bits per heavy atom. The highest BCUT2D eigenvalue weighted by atomic mass is 16.7. The molecule has 3 rings (SSSR count). The van der Waals surface area contributed by atoms with Crippen molar-refractivity contribution >= 4 is 35.5 Å². The number of carbonyl (C=O) groups excluding carboxylic acids is 4. The zero-order valence-electron chi connectivity index (χ0n) is 20.3. The van der Waals surface area contributed by atoms with Crippen LogP contribution in [0.4, 0.5) is 11.6 Å². The third-order valence-corrected chi connectivity index (χ3v) is 4.93. The molecular weight excluding hydrogens is 480 g/mol. The minimum atomic E-state index is -1.29. The number of hydrogen-bond acceptors (Lipinski definition) is 13. The summed E-state index contributed by atoms with van der Waals surface area (Å²) in [5.74, 6) is -2.52. The molecule has 1 aromatic heterocycles. The minimum Gasteiger partial charge on any atom is -0.497 e. The molecule has 194 valence electrons. The van der Waals surface area contributed by atoms with Crippen LogP contribution in [0.25, 0.3) is 0 Å². The second-order valence-electron chi connectivity index (χ2n) is 7.56. The summed E-state index contributed by atoms with van der Waals surface area (Å²) < 4.78 is 32.7. The Bertz CT molecular complexity index is 1120. The molecule has 0 bridgehead atoms. The smallest absolute Gasteiger partial charge is 0.376 e. The molecule has 1 saturated heterocycles. The minimum absolute atomic E-state index is 0.00165. The summed E-state index contributed by atoms with van der Waals surface area (Å²) in [5, 5.41) is 7.24. The fourth-order valence-corrected chi connectivity index (χ4v) is 3.48. The zero-order valence-corrected chi connectivity index (χ0v) is 20.3. The molecule has 2 heterocycles.